The molecule has 0 spiro atoms. The van der Waals surface area contributed by atoms with Gasteiger partial charge in [-0.2, -0.15) is 0 Å². The van der Waals surface area contributed by atoms with Crippen molar-refractivity contribution in [3.63, 3.8) is 0 Å². The maximum atomic E-state index is 6.51. The minimum absolute atomic E-state index is 0.415. The lowest BCUT2D eigenvalue weighted by Gasteiger charge is -2.33. The molecule has 0 rings (SSSR count). The van der Waals surface area contributed by atoms with Crippen molar-refractivity contribution in [1.82, 2.24) is 0 Å². The second kappa shape index (κ2) is 28.7. The van der Waals surface area contributed by atoms with Crippen LogP contribution in [0.1, 0.15) is 173 Å². The molecule has 0 fully saturated rings. The van der Waals surface area contributed by atoms with Gasteiger partial charge < -0.3 is 5.73 Å². The highest BCUT2D eigenvalue weighted by atomic mass is 14.6. The minimum Gasteiger partial charge on any atom is -0.330 e. The molecule has 0 saturated heterocycles. The summed E-state index contributed by atoms with van der Waals surface area (Å²) < 4.78 is 0. The molecule has 0 atom stereocenters. The lowest BCUT2D eigenvalue weighted by atomic mass is 9.74. The summed E-state index contributed by atoms with van der Waals surface area (Å²) in [6.45, 7) is 12.4. The van der Waals surface area contributed by atoms with Crippen molar-refractivity contribution < 1.29 is 0 Å². The van der Waals surface area contributed by atoms with Crippen molar-refractivity contribution in [2.75, 3.05) is 6.54 Å². The topological polar surface area (TPSA) is 26.0 Å². The molecule has 212 valence electrons. The van der Waals surface area contributed by atoms with Crippen LogP contribution in [0.5, 0.6) is 0 Å². The van der Waals surface area contributed by atoms with E-state index in [9.17, 15) is 0 Å². The van der Waals surface area contributed by atoms with Gasteiger partial charge in [0, 0.05) is 0 Å². The summed E-state index contributed by atoms with van der Waals surface area (Å²) in [7, 11) is 0. The van der Waals surface area contributed by atoms with Crippen LogP contribution in [-0.2, 0) is 0 Å². The van der Waals surface area contributed by atoms with Gasteiger partial charge in [0.15, 0.2) is 0 Å². The summed E-state index contributed by atoms with van der Waals surface area (Å²) in [5.41, 5.74) is 6.92. The third-order valence-corrected chi connectivity index (χ3v) is 8.28. The third kappa shape index (κ3) is 23.6. The maximum Gasteiger partial charge on any atom is -0.00205 e. The van der Waals surface area contributed by atoms with E-state index in [4.69, 9.17) is 5.73 Å². The van der Waals surface area contributed by atoms with E-state index in [2.05, 4.69) is 38.0 Å². The van der Waals surface area contributed by atoms with E-state index in [0.717, 1.165) is 6.54 Å². The van der Waals surface area contributed by atoms with Gasteiger partial charge in [-0.3, -0.25) is 0 Å². The number of hydrogen-bond acceptors (Lipinski definition) is 1. The number of hydrogen-bond donors (Lipinski definition) is 1. The summed E-state index contributed by atoms with van der Waals surface area (Å²) in [5.74, 6) is 0. The summed E-state index contributed by atoms with van der Waals surface area (Å²) in [4.78, 5) is 0. The Labute approximate surface area is 228 Å². The Hall–Kier alpha value is -0.820. The van der Waals surface area contributed by atoms with Crippen molar-refractivity contribution in [2.45, 2.75) is 173 Å². The molecule has 0 aliphatic heterocycles. The molecule has 0 radical (unpaired) electrons. The smallest absolute Gasteiger partial charge is 0.00205 e. The Kier molecular flexibility index (Phi) is 28.1. The second-order valence-electron chi connectivity index (χ2n) is 11.6. The van der Waals surface area contributed by atoms with Gasteiger partial charge in [-0.05, 0) is 69.7 Å². The zero-order valence-electron chi connectivity index (χ0n) is 24.7. The van der Waals surface area contributed by atoms with Crippen LogP contribution in [0.3, 0.4) is 0 Å². The van der Waals surface area contributed by atoms with Crippen LogP contribution in [0.2, 0.25) is 0 Å². The minimum atomic E-state index is 0.415. The van der Waals surface area contributed by atoms with E-state index in [0.29, 0.717) is 5.41 Å². The lowest BCUT2D eigenvalue weighted by Crippen LogP contribution is -2.31. The van der Waals surface area contributed by atoms with Gasteiger partial charge in [-0.1, -0.05) is 134 Å². The van der Waals surface area contributed by atoms with E-state index in [1.54, 1.807) is 0 Å². The van der Waals surface area contributed by atoms with E-state index < -0.39 is 0 Å². The fourth-order valence-electron chi connectivity index (χ4n) is 5.70. The van der Waals surface area contributed by atoms with Crippen LogP contribution in [0.25, 0.3) is 0 Å². The molecule has 0 bridgehead atoms. The summed E-state index contributed by atoms with van der Waals surface area (Å²) in [6.07, 6.45) is 42.9. The second-order valence-corrected chi connectivity index (χ2v) is 11.6. The van der Waals surface area contributed by atoms with E-state index in [-0.39, 0.29) is 0 Å². The Morgan fingerprint density at radius 3 is 0.806 bits per heavy atom. The highest BCUT2D eigenvalue weighted by molar-refractivity contribution is 4.81. The van der Waals surface area contributed by atoms with E-state index >= 15 is 0 Å². The number of nitrogens with two attached hydrogens (primary N) is 1. The van der Waals surface area contributed by atoms with Crippen molar-refractivity contribution in [3.05, 3.63) is 38.0 Å². The normalized spacial score (nSPS) is 11.6. The summed E-state index contributed by atoms with van der Waals surface area (Å²) in [5, 5.41) is 0. The highest BCUT2D eigenvalue weighted by Crippen LogP contribution is 2.36. The van der Waals surface area contributed by atoms with E-state index in [1.165, 1.54) is 173 Å². The molecule has 0 aliphatic rings. The lowest BCUT2D eigenvalue weighted by molar-refractivity contribution is 0.204. The molecule has 0 unspecified atom stereocenters. The van der Waals surface area contributed by atoms with Crippen molar-refractivity contribution in [1.29, 1.82) is 0 Å². The Morgan fingerprint density at radius 2 is 0.583 bits per heavy atom. The fraction of sp³-hybridized carbons (Fsp3) is 0.829. The first-order chi connectivity index (χ1) is 17.7. The molecule has 2 N–H and O–H groups in total. The van der Waals surface area contributed by atoms with Crippen LogP contribution < -0.4 is 5.73 Å². The van der Waals surface area contributed by atoms with Crippen molar-refractivity contribution in [2.24, 2.45) is 11.1 Å². The summed E-state index contributed by atoms with van der Waals surface area (Å²) >= 11 is 0. The molecule has 0 saturated carbocycles. The quantitative estimate of drug-likeness (QED) is 0.0741. The molecule has 36 heavy (non-hydrogen) atoms. The van der Waals surface area contributed by atoms with Crippen LogP contribution in [0, 0.1) is 5.41 Å². The monoisotopic (exact) mass is 502 g/mol. The predicted molar refractivity (Wildman–Crippen MR) is 167 cm³/mol. The largest absolute Gasteiger partial charge is 0.330 e. The third-order valence-electron chi connectivity index (χ3n) is 8.28. The Morgan fingerprint density at radius 1 is 0.361 bits per heavy atom. The molecule has 0 heterocycles. The van der Waals surface area contributed by atoms with E-state index in [1.807, 2.05) is 0 Å². The van der Waals surface area contributed by atoms with Gasteiger partial charge in [-0.25, -0.2) is 0 Å². The number of unbranched alkanes of at least 4 members (excludes halogenated alkanes) is 21. The standard InChI is InChI=1S/C35H67N/c1-4-7-10-13-16-19-22-25-28-31-35(34-36,32-29-26-23-20-17-14-11-8-5-2)33-30-27-24-21-18-15-12-9-6-3/h4-6H,1-3,7-34,36H2. The van der Waals surface area contributed by atoms with Crippen LogP contribution >= 0.6 is 0 Å². The Balaban J connectivity index is 4.25. The molecule has 1 heteroatoms. The predicted octanol–water partition coefficient (Wildman–Crippen LogP) is 12.0. The van der Waals surface area contributed by atoms with Crippen LogP contribution in [-0.4, -0.2) is 6.54 Å². The SMILES string of the molecule is C=CCCCCCCCCCC(CN)(CCCCCCCCCC=C)CCCCCCCCCC=C. The molecule has 1 nitrogen and oxygen atoms in total. The molecule has 0 aromatic carbocycles. The number of rotatable bonds is 31. The fourth-order valence-corrected chi connectivity index (χ4v) is 5.70. The van der Waals surface area contributed by atoms with Gasteiger partial charge in [0.25, 0.3) is 0 Å². The molecule has 0 aromatic heterocycles. The van der Waals surface area contributed by atoms with Crippen molar-refractivity contribution >= 4 is 0 Å². The van der Waals surface area contributed by atoms with Crippen LogP contribution in [0.4, 0.5) is 0 Å². The molecular weight excluding hydrogens is 434 g/mol. The molecule has 0 aromatic rings. The maximum absolute atomic E-state index is 6.51. The zero-order chi connectivity index (χ0) is 26.4. The molecular formula is C35H67N. The highest BCUT2D eigenvalue weighted by Gasteiger charge is 2.27. The first-order valence-electron chi connectivity index (χ1n) is 16.3. The first kappa shape index (κ1) is 35.2. The molecule has 0 amide bonds. The zero-order valence-corrected chi connectivity index (χ0v) is 24.7. The Bertz CT molecular complexity index is 401. The van der Waals surface area contributed by atoms with Crippen LogP contribution in [0.15, 0.2) is 38.0 Å². The molecule has 0 aliphatic carbocycles. The number of allylic oxidation sites excluding steroid dienone is 3. The van der Waals surface area contributed by atoms with Gasteiger partial charge in [0.1, 0.15) is 0 Å². The van der Waals surface area contributed by atoms with Gasteiger partial charge in [-0.15, -0.1) is 19.7 Å². The van der Waals surface area contributed by atoms with Crippen molar-refractivity contribution in [3.8, 4) is 0 Å². The van der Waals surface area contributed by atoms with Gasteiger partial charge >= 0.3 is 0 Å². The average molecular weight is 502 g/mol. The first-order valence-corrected chi connectivity index (χ1v) is 16.3. The van der Waals surface area contributed by atoms with Gasteiger partial charge in [0.05, 0.1) is 0 Å². The average Bonchev–Trinajstić information content (AvgIpc) is 2.89. The van der Waals surface area contributed by atoms with Gasteiger partial charge in [0.2, 0.25) is 0 Å². The summed E-state index contributed by atoms with van der Waals surface area (Å²) in [6, 6.07) is 0.